The van der Waals surface area contributed by atoms with Crippen molar-refractivity contribution in [2.75, 3.05) is 13.2 Å². The number of fused-ring (bicyclic) bond motifs is 2. The van der Waals surface area contributed by atoms with Gasteiger partial charge in [-0.25, -0.2) is 0 Å². The molecule has 0 fully saturated rings. The third-order valence-corrected chi connectivity index (χ3v) is 6.20. The summed E-state index contributed by atoms with van der Waals surface area (Å²) in [6, 6.07) is 10.0. The molecule has 2 aliphatic heterocycles. The molecular formula is C20H21N3O2S. The zero-order chi connectivity index (χ0) is 17.5. The van der Waals surface area contributed by atoms with Gasteiger partial charge in [-0.2, -0.15) is 5.10 Å². The largest absolute Gasteiger partial charge is 0.485 e. The van der Waals surface area contributed by atoms with Gasteiger partial charge in [0.25, 0.3) is 0 Å². The van der Waals surface area contributed by atoms with Gasteiger partial charge >= 0.3 is 0 Å². The summed E-state index contributed by atoms with van der Waals surface area (Å²) in [6.07, 6.45) is 0.838. The second kappa shape index (κ2) is 6.45. The molecule has 1 aromatic carbocycles. The Labute approximate surface area is 156 Å². The number of aromatic nitrogens is 2. The molecule has 5 rings (SSSR count). The van der Waals surface area contributed by atoms with E-state index in [2.05, 4.69) is 33.5 Å². The number of hydrogen-bond donors (Lipinski definition) is 1. The van der Waals surface area contributed by atoms with E-state index in [1.54, 1.807) is 0 Å². The minimum absolute atomic E-state index is 0.159. The van der Waals surface area contributed by atoms with Gasteiger partial charge in [-0.05, 0) is 36.1 Å². The van der Waals surface area contributed by atoms with Crippen LogP contribution >= 0.6 is 11.3 Å². The van der Waals surface area contributed by atoms with E-state index < -0.39 is 0 Å². The molecule has 0 saturated heterocycles. The molecule has 1 atom stereocenters. The number of benzene rings is 1. The topological polar surface area (TPSA) is 50.4 Å². The molecule has 1 N–H and O–H groups in total. The number of H-pyrrole nitrogens is 1. The van der Waals surface area contributed by atoms with Crippen molar-refractivity contribution in [3.05, 3.63) is 63.1 Å². The molecule has 26 heavy (non-hydrogen) atoms. The number of hydrogen-bond acceptors (Lipinski definition) is 5. The molecule has 4 heterocycles. The third kappa shape index (κ3) is 2.79. The Morgan fingerprint density at radius 2 is 2.15 bits per heavy atom. The van der Waals surface area contributed by atoms with Crippen molar-refractivity contribution in [1.82, 2.24) is 15.1 Å². The molecule has 0 bridgehead atoms. The fourth-order valence-corrected chi connectivity index (χ4v) is 4.65. The third-order valence-electron chi connectivity index (χ3n) is 5.19. The predicted octanol–water partition coefficient (Wildman–Crippen LogP) is 3.85. The smallest absolute Gasteiger partial charge is 0.177 e. The SMILES string of the molecule is Cc1ccsc1CN1CCc2[nH]nc([C@@H]3COc4ccccc4O3)c2C1. The van der Waals surface area contributed by atoms with Gasteiger partial charge in [-0.15, -0.1) is 11.3 Å². The maximum absolute atomic E-state index is 6.18. The number of aryl methyl sites for hydroxylation is 1. The molecule has 0 amide bonds. The molecule has 6 heteroatoms. The molecule has 3 aromatic rings. The van der Waals surface area contributed by atoms with Gasteiger partial charge in [0.15, 0.2) is 17.6 Å². The van der Waals surface area contributed by atoms with Gasteiger partial charge in [0.2, 0.25) is 0 Å². The van der Waals surface area contributed by atoms with Crippen molar-refractivity contribution in [2.45, 2.75) is 32.5 Å². The van der Waals surface area contributed by atoms with Crippen LogP contribution in [0.2, 0.25) is 0 Å². The van der Waals surface area contributed by atoms with Crippen LogP contribution in [0.15, 0.2) is 35.7 Å². The zero-order valence-corrected chi connectivity index (χ0v) is 15.5. The fraction of sp³-hybridized carbons (Fsp3) is 0.350. The lowest BCUT2D eigenvalue weighted by Crippen LogP contribution is -2.31. The van der Waals surface area contributed by atoms with Crippen molar-refractivity contribution in [1.29, 1.82) is 0 Å². The summed E-state index contributed by atoms with van der Waals surface area (Å²) in [4.78, 5) is 3.95. The highest BCUT2D eigenvalue weighted by Crippen LogP contribution is 2.37. The van der Waals surface area contributed by atoms with Crippen LogP contribution in [0.3, 0.4) is 0 Å². The Kier molecular flexibility index (Phi) is 3.94. The lowest BCUT2D eigenvalue weighted by molar-refractivity contribution is 0.0867. The standard InChI is InChI=1S/C20H21N3O2S/c1-13-7-9-26-19(13)11-23-8-6-15-14(10-23)20(22-21-15)18-12-24-16-4-2-3-5-17(16)25-18/h2-5,7,9,18H,6,8,10-12H2,1H3,(H,21,22)/t18-/m0/s1. The average molecular weight is 367 g/mol. The maximum Gasteiger partial charge on any atom is 0.177 e. The summed E-state index contributed by atoms with van der Waals surface area (Å²) in [6.45, 7) is 5.64. The number of para-hydroxylation sites is 2. The summed E-state index contributed by atoms with van der Waals surface area (Å²) < 4.78 is 12.1. The van der Waals surface area contributed by atoms with Crippen LogP contribution < -0.4 is 9.47 Å². The van der Waals surface area contributed by atoms with Crippen molar-refractivity contribution < 1.29 is 9.47 Å². The fourth-order valence-electron chi connectivity index (χ4n) is 3.70. The Hall–Kier alpha value is -2.31. The van der Waals surface area contributed by atoms with Crippen LogP contribution in [0.25, 0.3) is 0 Å². The van der Waals surface area contributed by atoms with E-state index in [0.717, 1.165) is 43.2 Å². The lowest BCUT2D eigenvalue weighted by Gasteiger charge is -2.29. The monoisotopic (exact) mass is 367 g/mol. The highest BCUT2D eigenvalue weighted by Gasteiger charge is 2.31. The summed E-state index contributed by atoms with van der Waals surface area (Å²) in [5.41, 5.74) is 4.89. The Balaban J connectivity index is 1.37. The van der Waals surface area contributed by atoms with Crippen LogP contribution in [0.1, 0.15) is 33.5 Å². The first kappa shape index (κ1) is 15.9. The molecular weight excluding hydrogens is 346 g/mol. The predicted molar refractivity (Wildman–Crippen MR) is 101 cm³/mol. The molecule has 0 spiro atoms. The van der Waals surface area contributed by atoms with E-state index >= 15 is 0 Å². The molecule has 5 nitrogen and oxygen atoms in total. The van der Waals surface area contributed by atoms with E-state index in [0.29, 0.717) is 6.61 Å². The van der Waals surface area contributed by atoms with E-state index in [4.69, 9.17) is 9.47 Å². The first-order chi connectivity index (χ1) is 12.8. The van der Waals surface area contributed by atoms with Gasteiger partial charge in [-0.1, -0.05) is 12.1 Å². The summed E-state index contributed by atoms with van der Waals surface area (Å²) in [5, 5.41) is 9.99. The maximum atomic E-state index is 6.18. The van der Waals surface area contributed by atoms with Crippen LogP contribution in [0.5, 0.6) is 11.5 Å². The van der Waals surface area contributed by atoms with Crippen molar-refractivity contribution in [3.8, 4) is 11.5 Å². The number of nitrogens with one attached hydrogen (secondary N) is 1. The average Bonchev–Trinajstić information content (AvgIpc) is 3.27. The van der Waals surface area contributed by atoms with Gasteiger partial charge in [0.1, 0.15) is 12.3 Å². The molecule has 2 aromatic heterocycles. The van der Waals surface area contributed by atoms with Gasteiger partial charge in [0, 0.05) is 42.2 Å². The number of ether oxygens (including phenoxy) is 2. The van der Waals surface area contributed by atoms with Crippen molar-refractivity contribution >= 4 is 11.3 Å². The number of rotatable bonds is 3. The van der Waals surface area contributed by atoms with Crippen molar-refractivity contribution in [3.63, 3.8) is 0 Å². The minimum Gasteiger partial charge on any atom is -0.485 e. The van der Waals surface area contributed by atoms with Crippen molar-refractivity contribution in [2.24, 2.45) is 0 Å². The van der Waals surface area contributed by atoms with Gasteiger partial charge < -0.3 is 9.47 Å². The molecule has 0 saturated carbocycles. The molecule has 2 aliphatic rings. The van der Waals surface area contributed by atoms with E-state index in [-0.39, 0.29) is 6.10 Å². The quantitative estimate of drug-likeness (QED) is 0.764. The van der Waals surface area contributed by atoms with E-state index in [9.17, 15) is 0 Å². The summed E-state index contributed by atoms with van der Waals surface area (Å²) in [5.74, 6) is 1.60. The number of nitrogens with zero attached hydrogens (tertiary/aromatic N) is 2. The first-order valence-electron chi connectivity index (χ1n) is 8.98. The first-order valence-corrected chi connectivity index (χ1v) is 9.85. The molecule has 134 valence electrons. The van der Waals surface area contributed by atoms with Crippen LogP contribution in [-0.2, 0) is 19.5 Å². The Morgan fingerprint density at radius 3 is 3.00 bits per heavy atom. The van der Waals surface area contributed by atoms with Crippen LogP contribution in [0.4, 0.5) is 0 Å². The van der Waals surface area contributed by atoms with E-state index in [1.165, 1.54) is 21.7 Å². The van der Waals surface area contributed by atoms with Gasteiger partial charge in [0.05, 0.1) is 0 Å². The Bertz CT molecular complexity index is 933. The lowest BCUT2D eigenvalue weighted by atomic mass is 10.0. The van der Waals surface area contributed by atoms with Crippen LogP contribution in [-0.4, -0.2) is 28.2 Å². The zero-order valence-electron chi connectivity index (χ0n) is 14.7. The molecule has 0 aliphatic carbocycles. The second-order valence-electron chi connectivity index (χ2n) is 6.92. The van der Waals surface area contributed by atoms with Crippen LogP contribution in [0, 0.1) is 6.92 Å². The Morgan fingerprint density at radius 1 is 1.27 bits per heavy atom. The summed E-state index contributed by atoms with van der Waals surface area (Å²) >= 11 is 1.84. The number of thiophene rings is 1. The highest BCUT2D eigenvalue weighted by atomic mass is 32.1. The second-order valence-corrected chi connectivity index (χ2v) is 7.92. The molecule has 0 unspecified atom stereocenters. The van der Waals surface area contributed by atoms with E-state index in [1.807, 2.05) is 35.6 Å². The van der Waals surface area contributed by atoms with Gasteiger partial charge in [-0.3, -0.25) is 10.00 Å². The normalized spacial score (nSPS) is 19.3. The minimum atomic E-state index is -0.159. The molecule has 0 radical (unpaired) electrons. The highest BCUT2D eigenvalue weighted by molar-refractivity contribution is 7.10. The number of aromatic amines is 1. The summed E-state index contributed by atoms with van der Waals surface area (Å²) in [7, 11) is 0.